The van der Waals surface area contributed by atoms with E-state index in [9.17, 15) is 4.79 Å². The highest BCUT2D eigenvalue weighted by molar-refractivity contribution is 7.98. The number of nitrogens with one attached hydrogen (secondary N) is 1. The second kappa shape index (κ2) is 8.82. The molecule has 2 aromatic heterocycles. The van der Waals surface area contributed by atoms with Crippen molar-refractivity contribution in [1.29, 1.82) is 0 Å². The molecule has 1 amide bonds. The number of hydrogen-bond donors (Lipinski definition) is 1. The summed E-state index contributed by atoms with van der Waals surface area (Å²) in [6.45, 7) is 2.56. The molecule has 3 aromatic rings. The molecule has 0 radical (unpaired) electrons. The molecule has 130 valence electrons. The van der Waals surface area contributed by atoms with Gasteiger partial charge in [-0.1, -0.05) is 12.1 Å². The molecule has 0 fully saturated rings. The predicted molar refractivity (Wildman–Crippen MR) is 103 cm³/mol. The third kappa shape index (κ3) is 5.44. The molecule has 3 rings (SSSR count). The van der Waals surface area contributed by atoms with Crippen molar-refractivity contribution >= 4 is 29.0 Å². The molecular formula is C18H20N4OS2. The average molecular weight is 373 g/mol. The first-order valence-electron chi connectivity index (χ1n) is 8.05. The molecule has 25 heavy (non-hydrogen) atoms. The standard InChI is InChI=1S/C18H20N4OS2/c1-14-21-16(13-25-14)12-24-10-7-18(23)19-11-15-3-5-17(6-4-15)22-9-2-8-20-22/h2-6,8-9,13H,7,10-12H2,1H3,(H,19,23). The largest absolute Gasteiger partial charge is 0.352 e. The number of hydrogen-bond acceptors (Lipinski definition) is 5. The fourth-order valence-corrected chi connectivity index (χ4v) is 3.84. The van der Waals surface area contributed by atoms with E-state index in [1.807, 2.05) is 48.1 Å². The minimum Gasteiger partial charge on any atom is -0.352 e. The van der Waals surface area contributed by atoms with E-state index in [1.54, 1.807) is 29.3 Å². The Morgan fingerprint density at radius 2 is 2.16 bits per heavy atom. The van der Waals surface area contributed by atoms with Gasteiger partial charge in [0.25, 0.3) is 0 Å². The van der Waals surface area contributed by atoms with Crippen LogP contribution >= 0.6 is 23.1 Å². The Balaban J connectivity index is 1.36. The van der Waals surface area contributed by atoms with Crippen LogP contribution in [0.4, 0.5) is 0 Å². The molecule has 2 heterocycles. The van der Waals surface area contributed by atoms with Crippen molar-refractivity contribution in [3.63, 3.8) is 0 Å². The molecular weight excluding hydrogens is 352 g/mol. The lowest BCUT2D eigenvalue weighted by Gasteiger charge is -2.07. The topological polar surface area (TPSA) is 59.8 Å². The number of amides is 1. The Morgan fingerprint density at radius 1 is 1.32 bits per heavy atom. The average Bonchev–Trinajstić information content (AvgIpc) is 3.29. The van der Waals surface area contributed by atoms with Gasteiger partial charge in [0.2, 0.25) is 5.91 Å². The van der Waals surface area contributed by atoms with Gasteiger partial charge in [0.15, 0.2) is 0 Å². The van der Waals surface area contributed by atoms with Crippen molar-refractivity contribution in [3.05, 3.63) is 64.4 Å². The van der Waals surface area contributed by atoms with Gasteiger partial charge in [0.1, 0.15) is 0 Å². The van der Waals surface area contributed by atoms with E-state index in [0.717, 1.165) is 33.5 Å². The highest BCUT2D eigenvalue weighted by Crippen LogP contribution is 2.15. The van der Waals surface area contributed by atoms with Crippen LogP contribution in [-0.4, -0.2) is 26.4 Å². The fraction of sp³-hybridized carbons (Fsp3) is 0.278. The van der Waals surface area contributed by atoms with Gasteiger partial charge >= 0.3 is 0 Å². The summed E-state index contributed by atoms with van der Waals surface area (Å²) < 4.78 is 1.81. The number of carbonyl (C=O) groups is 1. The van der Waals surface area contributed by atoms with Crippen LogP contribution in [0.1, 0.15) is 22.7 Å². The lowest BCUT2D eigenvalue weighted by molar-refractivity contribution is -0.120. The van der Waals surface area contributed by atoms with E-state index >= 15 is 0 Å². The normalized spacial score (nSPS) is 10.8. The second-order valence-electron chi connectivity index (χ2n) is 5.55. The van der Waals surface area contributed by atoms with E-state index in [-0.39, 0.29) is 5.91 Å². The van der Waals surface area contributed by atoms with Crippen LogP contribution in [0.2, 0.25) is 0 Å². The number of rotatable bonds is 8. The molecule has 0 aliphatic rings. The summed E-state index contributed by atoms with van der Waals surface area (Å²) in [4.78, 5) is 16.4. The Bertz CT molecular complexity index is 797. The number of thioether (sulfide) groups is 1. The molecule has 7 heteroatoms. The third-order valence-corrected chi connectivity index (χ3v) is 5.40. The number of aryl methyl sites for hydroxylation is 1. The van der Waals surface area contributed by atoms with Crippen LogP contribution in [0.15, 0.2) is 48.1 Å². The molecule has 1 N–H and O–H groups in total. The molecule has 0 saturated carbocycles. The summed E-state index contributed by atoms with van der Waals surface area (Å²) in [7, 11) is 0. The minimum absolute atomic E-state index is 0.0816. The smallest absolute Gasteiger partial charge is 0.221 e. The summed E-state index contributed by atoms with van der Waals surface area (Å²) in [5.74, 6) is 1.76. The fourth-order valence-electron chi connectivity index (χ4n) is 2.29. The Hall–Kier alpha value is -2.12. The minimum atomic E-state index is 0.0816. The van der Waals surface area contributed by atoms with Gasteiger partial charge in [0, 0.05) is 42.2 Å². The summed E-state index contributed by atoms with van der Waals surface area (Å²) >= 11 is 3.41. The van der Waals surface area contributed by atoms with Gasteiger partial charge in [-0.25, -0.2) is 9.67 Å². The number of thiazole rings is 1. The van der Waals surface area contributed by atoms with E-state index in [1.165, 1.54) is 0 Å². The first-order valence-corrected chi connectivity index (χ1v) is 10.1. The van der Waals surface area contributed by atoms with E-state index in [0.29, 0.717) is 13.0 Å². The maximum Gasteiger partial charge on any atom is 0.221 e. The lowest BCUT2D eigenvalue weighted by atomic mass is 10.2. The second-order valence-corrected chi connectivity index (χ2v) is 7.72. The van der Waals surface area contributed by atoms with Crippen LogP contribution in [0.5, 0.6) is 0 Å². The summed E-state index contributed by atoms with van der Waals surface area (Å²) in [5, 5.41) is 10.3. The molecule has 0 aliphatic heterocycles. The monoisotopic (exact) mass is 372 g/mol. The predicted octanol–water partition coefficient (Wildman–Crippen LogP) is 3.58. The van der Waals surface area contributed by atoms with Gasteiger partial charge in [-0.3, -0.25) is 4.79 Å². The maximum absolute atomic E-state index is 11.9. The van der Waals surface area contributed by atoms with Crippen molar-refractivity contribution in [3.8, 4) is 5.69 Å². The van der Waals surface area contributed by atoms with Gasteiger partial charge in [-0.05, 0) is 30.7 Å². The molecule has 0 spiro atoms. The molecule has 5 nitrogen and oxygen atoms in total. The van der Waals surface area contributed by atoms with Crippen molar-refractivity contribution < 1.29 is 4.79 Å². The summed E-state index contributed by atoms with van der Waals surface area (Å²) in [6, 6.07) is 9.91. The van der Waals surface area contributed by atoms with E-state index < -0.39 is 0 Å². The molecule has 0 bridgehead atoms. The molecule has 0 unspecified atom stereocenters. The summed E-state index contributed by atoms with van der Waals surface area (Å²) in [6.07, 6.45) is 4.18. The Morgan fingerprint density at radius 3 is 2.84 bits per heavy atom. The molecule has 0 atom stereocenters. The van der Waals surface area contributed by atoms with Crippen molar-refractivity contribution in [2.45, 2.75) is 25.6 Å². The highest BCUT2D eigenvalue weighted by atomic mass is 32.2. The number of carbonyl (C=O) groups excluding carboxylic acids is 1. The Labute approximate surface area is 155 Å². The van der Waals surface area contributed by atoms with Crippen LogP contribution < -0.4 is 5.32 Å². The zero-order chi connectivity index (χ0) is 17.5. The SMILES string of the molecule is Cc1nc(CSCCC(=O)NCc2ccc(-n3cccn3)cc2)cs1. The summed E-state index contributed by atoms with van der Waals surface area (Å²) in [5.41, 5.74) is 3.19. The van der Waals surface area contributed by atoms with Crippen LogP contribution in [-0.2, 0) is 17.1 Å². The van der Waals surface area contributed by atoms with Crippen molar-refractivity contribution in [1.82, 2.24) is 20.1 Å². The number of benzene rings is 1. The highest BCUT2D eigenvalue weighted by Gasteiger charge is 2.04. The quantitative estimate of drug-likeness (QED) is 0.614. The zero-order valence-electron chi connectivity index (χ0n) is 14.0. The Kier molecular flexibility index (Phi) is 6.25. The first-order chi connectivity index (χ1) is 12.2. The third-order valence-electron chi connectivity index (χ3n) is 3.58. The van der Waals surface area contributed by atoms with Crippen molar-refractivity contribution in [2.75, 3.05) is 5.75 Å². The van der Waals surface area contributed by atoms with Crippen molar-refractivity contribution in [2.24, 2.45) is 0 Å². The zero-order valence-corrected chi connectivity index (χ0v) is 15.6. The van der Waals surface area contributed by atoms with Crippen LogP contribution in [0.25, 0.3) is 5.69 Å². The van der Waals surface area contributed by atoms with Gasteiger partial charge in [0.05, 0.1) is 16.4 Å². The number of nitrogens with zero attached hydrogens (tertiary/aromatic N) is 3. The first kappa shape index (κ1) is 17.7. The van der Waals surface area contributed by atoms with Gasteiger partial charge < -0.3 is 5.32 Å². The van der Waals surface area contributed by atoms with Crippen LogP contribution in [0.3, 0.4) is 0 Å². The lowest BCUT2D eigenvalue weighted by Crippen LogP contribution is -2.23. The molecule has 0 saturated heterocycles. The van der Waals surface area contributed by atoms with E-state index in [4.69, 9.17) is 0 Å². The molecule has 1 aromatic carbocycles. The van der Waals surface area contributed by atoms with Crippen LogP contribution in [0, 0.1) is 6.92 Å². The van der Waals surface area contributed by atoms with Gasteiger partial charge in [-0.2, -0.15) is 16.9 Å². The van der Waals surface area contributed by atoms with Gasteiger partial charge in [-0.15, -0.1) is 11.3 Å². The molecule has 0 aliphatic carbocycles. The number of aromatic nitrogens is 3. The van der Waals surface area contributed by atoms with E-state index in [2.05, 4.69) is 20.8 Å². The maximum atomic E-state index is 11.9.